The molecule has 0 aliphatic heterocycles. The van der Waals surface area contributed by atoms with Crippen molar-refractivity contribution >= 4 is 22.9 Å². The van der Waals surface area contributed by atoms with Crippen LogP contribution in [0.5, 0.6) is 0 Å². The number of allylic oxidation sites excluding steroid dienone is 1. The van der Waals surface area contributed by atoms with E-state index in [-0.39, 0.29) is 5.60 Å². The zero-order valence-electron chi connectivity index (χ0n) is 11.9. The summed E-state index contributed by atoms with van der Waals surface area (Å²) in [4.78, 5) is 0. The lowest BCUT2D eigenvalue weighted by Gasteiger charge is -2.19. The van der Waals surface area contributed by atoms with Crippen LogP contribution >= 0.6 is 11.6 Å². The van der Waals surface area contributed by atoms with E-state index >= 15 is 0 Å². The second-order valence-corrected chi connectivity index (χ2v) is 6.50. The largest absolute Gasteiger partial charge is 0.398 e. The molecule has 2 nitrogen and oxygen atoms in total. The van der Waals surface area contributed by atoms with Crippen molar-refractivity contribution in [1.82, 2.24) is 0 Å². The van der Waals surface area contributed by atoms with Gasteiger partial charge in [0.05, 0.1) is 22.9 Å². The summed E-state index contributed by atoms with van der Waals surface area (Å²) < 4.78 is 5.78. The summed E-state index contributed by atoms with van der Waals surface area (Å²) in [6.45, 7) is 6.84. The smallest absolute Gasteiger partial charge is 0.0660 e. The van der Waals surface area contributed by atoms with Crippen molar-refractivity contribution in [2.45, 2.75) is 39.2 Å². The lowest BCUT2D eigenvalue weighted by Crippen LogP contribution is -2.19. The third kappa shape index (κ3) is 4.26. The first kappa shape index (κ1) is 14.4. The van der Waals surface area contributed by atoms with Crippen LogP contribution in [0.25, 0.3) is 5.57 Å². The molecule has 1 aliphatic rings. The van der Waals surface area contributed by atoms with Gasteiger partial charge in [-0.1, -0.05) is 23.7 Å². The molecule has 1 fully saturated rings. The number of nitrogens with two attached hydrogens (primary N) is 1. The van der Waals surface area contributed by atoms with E-state index < -0.39 is 0 Å². The molecular weight excluding hydrogens is 258 g/mol. The highest BCUT2D eigenvalue weighted by Crippen LogP contribution is 2.42. The molecule has 3 heteroatoms. The average Bonchev–Trinajstić information content (AvgIpc) is 3.11. The van der Waals surface area contributed by atoms with Gasteiger partial charge in [-0.3, -0.25) is 0 Å². The highest BCUT2D eigenvalue weighted by Gasteiger charge is 2.27. The van der Waals surface area contributed by atoms with Gasteiger partial charge in [-0.15, -0.1) is 0 Å². The third-order valence-corrected chi connectivity index (χ3v) is 3.51. The van der Waals surface area contributed by atoms with Crippen LogP contribution in [-0.4, -0.2) is 12.2 Å². The van der Waals surface area contributed by atoms with E-state index in [1.165, 1.54) is 24.0 Å². The summed E-state index contributed by atoms with van der Waals surface area (Å²) in [6.07, 6.45) is 4.69. The molecule has 2 rings (SSSR count). The number of benzene rings is 1. The number of halogens is 1. The number of hydrogen-bond acceptors (Lipinski definition) is 2. The molecule has 1 saturated carbocycles. The molecule has 0 bridgehead atoms. The highest BCUT2D eigenvalue weighted by atomic mass is 35.5. The lowest BCUT2D eigenvalue weighted by atomic mass is 10.0. The molecule has 1 aromatic carbocycles. The Morgan fingerprint density at radius 3 is 2.63 bits per heavy atom. The van der Waals surface area contributed by atoms with Crippen molar-refractivity contribution in [3.63, 3.8) is 0 Å². The Kier molecular flexibility index (Phi) is 4.22. The van der Waals surface area contributed by atoms with Gasteiger partial charge in [0, 0.05) is 0 Å². The minimum atomic E-state index is -0.107. The topological polar surface area (TPSA) is 35.2 Å². The van der Waals surface area contributed by atoms with Gasteiger partial charge in [-0.05, 0) is 62.8 Å². The van der Waals surface area contributed by atoms with Gasteiger partial charge in [0.25, 0.3) is 0 Å². The Morgan fingerprint density at radius 1 is 1.42 bits per heavy atom. The highest BCUT2D eigenvalue weighted by molar-refractivity contribution is 6.33. The zero-order chi connectivity index (χ0) is 14.0. The zero-order valence-corrected chi connectivity index (χ0v) is 12.6. The summed E-state index contributed by atoms with van der Waals surface area (Å²) in [5.41, 5.74) is 8.93. The number of hydrogen-bond donors (Lipinski definition) is 1. The molecule has 0 spiro atoms. The van der Waals surface area contributed by atoms with E-state index in [1.807, 2.05) is 18.2 Å². The number of rotatable bonds is 4. The maximum absolute atomic E-state index is 5.98. The molecule has 0 radical (unpaired) electrons. The van der Waals surface area contributed by atoms with Crippen LogP contribution in [0.3, 0.4) is 0 Å². The Balaban J connectivity index is 2.15. The third-order valence-electron chi connectivity index (χ3n) is 3.17. The monoisotopic (exact) mass is 279 g/mol. The Hall–Kier alpha value is -0.990. The molecule has 0 heterocycles. The van der Waals surface area contributed by atoms with Crippen molar-refractivity contribution in [3.8, 4) is 0 Å². The quantitative estimate of drug-likeness (QED) is 0.822. The number of ether oxygens (including phenoxy) is 1. The summed E-state index contributed by atoms with van der Waals surface area (Å²) >= 11 is 5.98. The molecule has 19 heavy (non-hydrogen) atoms. The minimum absolute atomic E-state index is 0.107. The molecule has 0 aromatic heterocycles. The fourth-order valence-electron chi connectivity index (χ4n) is 2.02. The fourth-order valence-corrected chi connectivity index (χ4v) is 2.14. The molecule has 0 unspecified atom stereocenters. The second kappa shape index (κ2) is 5.56. The van der Waals surface area contributed by atoms with E-state index in [9.17, 15) is 0 Å². The average molecular weight is 280 g/mol. The Labute approximate surface area is 120 Å². The normalized spacial score (nSPS) is 16.7. The first-order valence-electron chi connectivity index (χ1n) is 6.76. The predicted molar refractivity (Wildman–Crippen MR) is 82.3 cm³/mol. The van der Waals surface area contributed by atoms with Crippen molar-refractivity contribution in [1.29, 1.82) is 0 Å². The van der Waals surface area contributed by atoms with Crippen molar-refractivity contribution in [2.75, 3.05) is 12.3 Å². The molecule has 2 N–H and O–H groups in total. The van der Waals surface area contributed by atoms with Gasteiger partial charge in [0.15, 0.2) is 0 Å². The molecule has 0 saturated heterocycles. The maximum Gasteiger partial charge on any atom is 0.0660 e. The summed E-state index contributed by atoms with van der Waals surface area (Å²) in [6, 6.07) is 5.87. The minimum Gasteiger partial charge on any atom is -0.398 e. The van der Waals surface area contributed by atoms with Crippen molar-refractivity contribution < 1.29 is 4.74 Å². The summed E-state index contributed by atoms with van der Waals surface area (Å²) in [5.74, 6) is 0.657. The molecule has 104 valence electrons. The van der Waals surface area contributed by atoms with Crippen LogP contribution in [0.4, 0.5) is 5.69 Å². The second-order valence-electron chi connectivity index (χ2n) is 6.09. The number of nitrogen functional groups attached to an aromatic ring is 1. The van der Waals surface area contributed by atoms with E-state index in [2.05, 4.69) is 26.8 Å². The maximum atomic E-state index is 5.98. The first-order chi connectivity index (χ1) is 8.87. The summed E-state index contributed by atoms with van der Waals surface area (Å²) in [5, 5.41) is 0.616. The Morgan fingerprint density at radius 2 is 2.11 bits per heavy atom. The van der Waals surface area contributed by atoms with Crippen LogP contribution in [-0.2, 0) is 4.74 Å². The Bertz CT molecular complexity index is 484. The fraction of sp³-hybridized carbons (Fsp3) is 0.500. The molecule has 1 aromatic rings. The van der Waals surface area contributed by atoms with Crippen LogP contribution < -0.4 is 5.73 Å². The van der Waals surface area contributed by atoms with Crippen LogP contribution in [0, 0.1) is 5.92 Å². The predicted octanol–water partition coefficient (Wildman–Crippen LogP) is 4.53. The van der Waals surface area contributed by atoms with Gasteiger partial charge in [-0.2, -0.15) is 0 Å². The van der Waals surface area contributed by atoms with Crippen LogP contribution in [0.15, 0.2) is 24.3 Å². The van der Waals surface area contributed by atoms with Crippen LogP contribution in [0.2, 0.25) is 5.02 Å². The lowest BCUT2D eigenvalue weighted by molar-refractivity contribution is 0.0151. The van der Waals surface area contributed by atoms with Gasteiger partial charge in [-0.25, -0.2) is 0 Å². The summed E-state index contributed by atoms with van der Waals surface area (Å²) in [7, 11) is 0. The SMILES string of the molecule is CC(C)(C)OC/C=C(/c1ccc(Cl)c(N)c1)C1CC1. The van der Waals surface area contributed by atoms with Gasteiger partial charge >= 0.3 is 0 Å². The van der Waals surface area contributed by atoms with Crippen molar-refractivity contribution in [2.24, 2.45) is 5.92 Å². The molecule has 0 atom stereocenters. The van der Waals surface area contributed by atoms with Crippen molar-refractivity contribution in [3.05, 3.63) is 34.9 Å². The van der Waals surface area contributed by atoms with E-state index in [0.717, 1.165) is 0 Å². The van der Waals surface area contributed by atoms with E-state index in [1.54, 1.807) is 0 Å². The molecule has 0 amide bonds. The van der Waals surface area contributed by atoms with Gasteiger partial charge < -0.3 is 10.5 Å². The first-order valence-corrected chi connectivity index (χ1v) is 7.14. The van der Waals surface area contributed by atoms with Crippen LogP contribution in [0.1, 0.15) is 39.2 Å². The van der Waals surface area contributed by atoms with Gasteiger partial charge in [0.2, 0.25) is 0 Å². The van der Waals surface area contributed by atoms with Gasteiger partial charge in [0.1, 0.15) is 0 Å². The molecular formula is C16H22ClNO. The van der Waals surface area contributed by atoms with E-state index in [4.69, 9.17) is 22.1 Å². The standard InChI is InChI=1S/C16H22ClNO/c1-16(2,3)19-9-8-13(11-4-5-11)12-6-7-14(17)15(18)10-12/h6-8,10-11H,4-5,9,18H2,1-3H3/b13-8+. The molecule has 1 aliphatic carbocycles. The van der Waals surface area contributed by atoms with E-state index in [0.29, 0.717) is 23.2 Å². The number of anilines is 1.